The highest BCUT2D eigenvalue weighted by atomic mass is 19.3. The largest absolute Gasteiger partial charge is 0.497 e. The molecule has 0 aliphatic heterocycles. The standard InChI is InChI=1S/C11H12F2N2O3/c1-18-7-2-3-8(9(4-7)15(16)17)10(14)5-11(12,13)6-10/h2-4H,5-6,14H2,1H3. The maximum atomic E-state index is 12.9. The lowest BCUT2D eigenvalue weighted by atomic mass is 9.69. The second-order valence-electron chi connectivity index (χ2n) is 4.51. The van der Waals surface area contributed by atoms with Gasteiger partial charge in [0.15, 0.2) is 0 Å². The van der Waals surface area contributed by atoms with Crippen LogP contribution in [0.5, 0.6) is 5.75 Å². The molecule has 1 aromatic carbocycles. The zero-order valence-electron chi connectivity index (χ0n) is 9.65. The maximum Gasteiger partial charge on any atom is 0.278 e. The van der Waals surface area contributed by atoms with Gasteiger partial charge in [-0.15, -0.1) is 0 Å². The van der Waals surface area contributed by atoms with Gasteiger partial charge in [-0.1, -0.05) is 0 Å². The van der Waals surface area contributed by atoms with Gasteiger partial charge in [0.05, 0.1) is 29.2 Å². The van der Waals surface area contributed by atoms with E-state index in [1.807, 2.05) is 0 Å². The lowest BCUT2D eigenvalue weighted by Gasteiger charge is -2.44. The second-order valence-corrected chi connectivity index (χ2v) is 4.51. The van der Waals surface area contributed by atoms with Crippen molar-refractivity contribution in [2.75, 3.05) is 7.11 Å². The fourth-order valence-electron chi connectivity index (χ4n) is 2.27. The number of hydrogen-bond acceptors (Lipinski definition) is 4. The first kappa shape index (κ1) is 12.7. The van der Waals surface area contributed by atoms with Gasteiger partial charge in [-0.25, -0.2) is 8.78 Å². The minimum absolute atomic E-state index is 0.124. The number of halogens is 2. The van der Waals surface area contributed by atoms with Crippen LogP contribution in [0.15, 0.2) is 18.2 Å². The SMILES string of the molecule is COc1ccc(C2(N)CC(F)(F)C2)c([N+](=O)[O-])c1. The van der Waals surface area contributed by atoms with Gasteiger partial charge in [0.2, 0.25) is 0 Å². The molecule has 1 saturated carbocycles. The Kier molecular flexibility index (Phi) is 2.73. The number of nitro benzene ring substituents is 1. The first-order chi connectivity index (χ1) is 8.27. The molecule has 1 aliphatic carbocycles. The van der Waals surface area contributed by atoms with Crippen molar-refractivity contribution >= 4 is 5.69 Å². The van der Waals surface area contributed by atoms with Crippen LogP contribution in [0.25, 0.3) is 0 Å². The summed E-state index contributed by atoms with van der Waals surface area (Å²) in [5, 5.41) is 10.9. The highest BCUT2D eigenvalue weighted by Crippen LogP contribution is 2.52. The molecule has 1 aliphatic rings. The van der Waals surface area contributed by atoms with E-state index >= 15 is 0 Å². The van der Waals surface area contributed by atoms with Crippen molar-refractivity contribution in [3.05, 3.63) is 33.9 Å². The molecule has 0 aromatic heterocycles. The number of benzene rings is 1. The van der Waals surface area contributed by atoms with Crippen LogP contribution in [0.4, 0.5) is 14.5 Å². The van der Waals surface area contributed by atoms with Crippen LogP contribution in [0.3, 0.4) is 0 Å². The third kappa shape index (κ3) is 2.01. The third-order valence-corrected chi connectivity index (χ3v) is 3.09. The van der Waals surface area contributed by atoms with E-state index in [1.54, 1.807) is 0 Å². The molecule has 2 N–H and O–H groups in total. The summed E-state index contributed by atoms with van der Waals surface area (Å²) in [5.74, 6) is -2.55. The van der Waals surface area contributed by atoms with Gasteiger partial charge in [-0.05, 0) is 12.1 Å². The Labute approximate surface area is 102 Å². The Hall–Kier alpha value is -1.76. The lowest BCUT2D eigenvalue weighted by molar-refractivity contribution is -0.386. The molecular formula is C11H12F2N2O3. The van der Waals surface area contributed by atoms with E-state index in [-0.39, 0.29) is 11.3 Å². The van der Waals surface area contributed by atoms with Crippen molar-refractivity contribution in [1.82, 2.24) is 0 Å². The molecule has 7 heteroatoms. The molecule has 18 heavy (non-hydrogen) atoms. The predicted molar refractivity (Wildman–Crippen MR) is 59.7 cm³/mol. The van der Waals surface area contributed by atoms with Crippen LogP contribution in [0.2, 0.25) is 0 Å². The van der Waals surface area contributed by atoms with Gasteiger partial charge in [-0.3, -0.25) is 10.1 Å². The smallest absolute Gasteiger partial charge is 0.278 e. The van der Waals surface area contributed by atoms with Crippen molar-refractivity contribution in [1.29, 1.82) is 0 Å². The Bertz CT molecular complexity index is 497. The van der Waals surface area contributed by atoms with E-state index in [1.165, 1.54) is 25.3 Å². The van der Waals surface area contributed by atoms with Crippen molar-refractivity contribution in [2.45, 2.75) is 24.3 Å². The van der Waals surface area contributed by atoms with E-state index < -0.39 is 29.2 Å². The van der Waals surface area contributed by atoms with E-state index in [2.05, 4.69) is 0 Å². The molecule has 0 bridgehead atoms. The van der Waals surface area contributed by atoms with Gasteiger partial charge in [0.1, 0.15) is 5.75 Å². The summed E-state index contributed by atoms with van der Waals surface area (Å²) >= 11 is 0. The number of alkyl halides is 2. The van der Waals surface area contributed by atoms with E-state index in [9.17, 15) is 18.9 Å². The molecular weight excluding hydrogens is 246 g/mol. The zero-order chi connectivity index (χ0) is 13.6. The first-order valence-corrected chi connectivity index (χ1v) is 5.27. The fraction of sp³-hybridized carbons (Fsp3) is 0.455. The normalized spacial score (nSPS) is 20.0. The molecule has 0 radical (unpaired) electrons. The zero-order valence-corrected chi connectivity index (χ0v) is 9.65. The molecule has 0 amide bonds. The summed E-state index contributed by atoms with van der Waals surface area (Å²) in [6.45, 7) is 0. The molecule has 0 heterocycles. The van der Waals surface area contributed by atoms with Gasteiger partial charge >= 0.3 is 0 Å². The Morgan fingerprint density at radius 1 is 1.44 bits per heavy atom. The number of rotatable bonds is 3. The summed E-state index contributed by atoms with van der Waals surface area (Å²) in [6.07, 6.45) is -1.15. The Balaban J connectivity index is 2.42. The summed E-state index contributed by atoms with van der Waals surface area (Å²) in [6, 6.07) is 4.06. The molecule has 2 rings (SSSR count). The minimum atomic E-state index is -2.84. The van der Waals surface area contributed by atoms with Gasteiger partial charge < -0.3 is 10.5 Å². The Morgan fingerprint density at radius 3 is 2.50 bits per heavy atom. The van der Waals surface area contributed by atoms with Crippen molar-refractivity contribution in [3.63, 3.8) is 0 Å². The summed E-state index contributed by atoms with van der Waals surface area (Å²) in [5.41, 5.74) is 4.31. The summed E-state index contributed by atoms with van der Waals surface area (Å²) in [7, 11) is 1.37. The average Bonchev–Trinajstić information content (AvgIpc) is 2.25. The number of nitrogens with zero attached hydrogens (tertiary/aromatic N) is 1. The van der Waals surface area contributed by atoms with Gasteiger partial charge in [0, 0.05) is 12.8 Å². The van der Waals surface area contributed by atoms with Crippen molar-refractivity contribution < 1.29 is 18.4 Å². The van der Waals surface area contributed by atoms with E-state index in [4.69, 9.17) is 10.5 Å². The average molecular weight is 258 g/mol. The monoisotopic (exact) mass is 258 g/mol. The number of nitro groups is 1. The van der Waals surface area contributed by atoms with Crippen molar-refractivity contribution in [3.8, 4) is 5.75 Å². The molecule has 0 atom stereocenters. The number of nitrogens with two attached hydrogens (primary N) is 1. The maximum absolute atomic E-state index is 12.9. The van der Waals surface area contributed by atoms with Crippen LogP contribution in [-0.2, 0) is 5.54 Å². The van der Waals surface area contributed by atoms with Gasteiger partial charge in [-0.2, -0.15) is 0 Å². The molecule has 1 aromatic rings. The van der Waals surface area contributed by atoms with E-state index in [0.717, 1.165) is 0 Å². The third-order valence-electron chi connectivity index (χ3n) is 3.09. The van der Waals surface area contributed by atoms with Crippen LogP contribution < -0.4 is 10.5 Å². The number of ether oxygens (including phenoxy) is 1. The number of hydrogen-bond donors (Lipinski definition) is 1. The quantitative estimate of drug-likeness (QED) is 0.665. The fourth-order valence-corrected chi connectivity index (χ4v) is 2.27. The molecule has 0 saturated heterocycles. The molecule has 0 unspecified atom stereocenters. The van der Waals surface area contributed by atoms with E-state index in [0.29, 0.717) is 5.75 Å². The van der Waals surface area contributed by atoms with Crippen LogP contribution in [0, 0.1) is 10.1 Å². The highest BCUT2D eigenvalue weighted by molar-refractivity contribution is 5.51. The lowest BCUT2D eigenvalue weighted by Crippen LogP contribution is -2.55. The molecule has 5 nitrogen and oxygen atoms in total. The number of methoxy groups -OCH3 is 1. The summed E-state index contributed by atoms with van der Waals surface area (Å²) < 4.78 is 30.7. The first-order valence-electron chi connectivity index (χ1n) is 5.27. The van der Waals surface area contributed by atoms with Crippen molar-refractivity contribution in [2.24, 2.45) is 5.73 Å². The highest BCUT2D eigenvalue weighted by Gasteiger charge is 2.57. The second kappa shape index (κ2) is 3.88. The molecule has 98 valence electrons. The van der Waals surface area contributed by atoms with Crippen LogP contribution in [0.1, 0.15) is 18.4 Å². The molecule has 0 spiro atoms. The topological polar surface area (TPSA) is 78.4 Å². The van der Waals surface area contributed by atoms with Crippen LogP contribution in [-0.4, -0.2) is 18.0 Å². The molecule has 1 fully saturated rings. The Morgan fingerprint density at radius 2 is 2.06 bits per heavy atom. The predicted octanol–water partition coefficient (Wildman–Crippen LogP) is 2.19. The van der Waals surface area contributed by atoms with Gasteiger partial charge in [0.25, 0.3) is 11.6 Å². The summed E-state index contributed by atoms with van der Waals surface area (Å²) in [4.78, 5) is 10.3. The van der Waals surface area contributed by atoms with Crippen LogP contribution >= 0.6 is 0 Å². The minimum Gasteiger partial charge on any atom is -0.497 e.